The van der Waals surface area contributed by atoms with Gasteiger partial charge < -0.3 is 15.8 Å². The minimum Gasteiger partial charge on any atom is -0.397 e. The van der Waals surface area contributed by atoms with Crippen LogP contribution in [0.1, 0.15) is 12.8 Å². The zero-order valence-electron chi connectivity index (χ0n) is 12.3. The first-order valence-electron chi connectivity index (χ1n) is 7.14. The molecule has 1 fully saturated rings. The van der Waals surface area contributed by atoms with Gasteiger partial charge in [0.25, 0.3) is 0 Å². The number of halogens is 1. The summed E-state index contributed by atoms with van der Waals surface area (Å²) in [6.07, 6.45) is 2.27. The van der Waals surface area contributed by atoms with E-state index in [1.165, 1.54) is 6.42 Å². The van der Waals surface area contributed by atoms with Crippen molar-refractivity contribution < 1.29 is 9.53 Å². The molecule has 0 saturated carbocycles. The lowest BCUT2D eigenvalue weighted by molar-refractivity contribution is -0.117. The summed E-state index contributed by atoms with van der Waals surface area (Å²) in [6.45, 7) is 3.01. The van der Waals surface area contributed by atoms with Gasteiger partial charge in [-0.25, -0.2) is 0 Å². The largest absolute Gasteiger partial charge is 0.397 e. The summed E-state index contributed by atoms with van der Waals surface area (Å²) in [5, 5.41) is 3.35. The molecule has 1 aromatic carbocycles. The minimum atomic E-state index is -0.0326. The molecule has 1 atom stereocenters. The number of benzene rings is 1. The molecule has 1 aliphatic heterocycles. The summed E-state index contributed by atoms with van der Waals surface area (Å²) in [6, 6.07) is 5.10. The molecule has 1 saturated heterocycles. The third-order valence-corrected chi connectivity index (χ3v) is 4.00. The Balaban J connectivity index is 1.84. The Hall–Kier alpha value is -1.30. The molecular weight excluding hydrogens is 290 g/mol. The molecule has 1 amide bonds. The number of rotatable bonds is 5. The lowest BCUT2D eigenvalue weighted by Gasteiger charge is -2.31. The molecule has 1 heterocycles. The van der Waals surface area contributed by atoms with E-state index in [1.807, 2.05) is 0 Å². The Morgan fingerprint density at radius 3 is 3.10 bits per heavy atom. The van der Waals surface area contributed by atoms with Crippen LogP contribution in [0.2, 0.25) is 5.02 Å². The second-order valence-corrected chi connectivity index (χ2v) is 5.89. The van der Waals surface area contributed by atoms with E-state index in [9.17, 15) is 4.79 Å². The Labute approximate surface area is 130 Å². The molecule has 0 bridgehead atoms. The quantitative estimate of drug-likeness (QED) is 0.818. The van der Waals surface area contributed by atoms with Gasteiger partial charge in [-0.3, -0.25) is 9.69 Å². The lowest BCUT2D eigenvalue weighted by Crippen LogP contribution is -2.41. The molecule has 5 nitrogen and oxygen atoms in total. The summed E-state index contributed by atoms with van der Waals surface area (Å²) < 4.78 is 5.20. The number of ether oxygens (including phenoxy) is 1. The van der Waals surface area contributed by atoms with Crippen LogP contribution in [-0.4, -0.2) is 44.2 Å². The topological polar surface area (TPSA) is 67.6 Å². The van der Waals surface area contributed by atoms with Crippen molar-refractivity contribution in [3.8, 4) is 0 Å². The van der Waals surface area contributed by atoms with Gasteiger partial charge in [-0.1, -0.05) is 11.6 Å². The van der Waals surface area contributed by atoms with Crippen molar-refractivity contribution >= 4 is 28.9 Å². The summed E-state index contributed by atoms with van der Waals surface area (Å²) in [7, 11) is 1.72. The highest BCUT2D eigenvalue weighted by Crippen LogP contribution is 2.22. The molecule has 116 valence electrons. The molecule has 0 radical (unpaired) electrons. The van der Waals surface area contributed by atoms with E-state index in [0.717, 1.165) is 26.1 Å². The van der Waals surface area contributed by atoms with E-state index in [1.54, 1.807) is 25.3 Å². The van der Waals surface area contributed by atoms with Crippen molar-refractivity contribution in [2.75, 3.05) is 44.4 Å². The van der Waals surface area contributed by atoms with Crippen LogP contribution in [0.25, 0.3) is 0 Å². The second-order valence-electron chi connectivity index (χ2n) is 5.48. The minimum absolute atomic E-state index is 0.0326. The first-order valence-corrected chi connectivity index (χ1v) is 7.52. The molecule has 0 aromatic heterocycles. The maximum absolute atomic E-state index is 12.1. The number of anilines is 2. The van der Waals surface area contributed by atoms with E-state index < -0.39 is 0 Å². The van der Waals surface area contributed by atoms with Crippen molar-refractivity contribution in [2.45, 2.75) is 12.8 Å². The van der Waals surface area contributed by atoms with Gasteiger partial charge in [-0.2, -0.15) is 0 Å². The van der Waals surface area contributed by atoms with Gasteiger partial charge in [-0.05, 0) is 43.5 Å². The van der Waals surface area contributed by atoms with Crippen LogP contribution < -0.4 is 11.1 Å². The lowest BCUT2D eigenvalue weighted by atomic mass is 9.99. The van der Waals surface area contributed by atoms with Crippen LogP contribution in [0.3, 0.4) is 0 Å². The van der Waals surface area contributed by atoms with Gasteiger partial charge >= 0.3 is 0 Å². The fourth-order valence-corrected chi connectivity index (χ4v) is 2.81. The molecular formula is C15H22ClN3O2. The van der Waals surface area contributed by atoms with Crippen LogP contribution in [-0.2, 0) is 9.53 Å². The highest BCUT2D eigenvalue weighted by Gasteiger charge is 2.21. The van der Waals surface area contributed by atoms with Crippen molar-refractivity contribution in [1.82, 2.24) is 4.90 Å². The summed E-state index contributed by atoms with van der Waals surface area (Å²) in [5.41, 5.74) is 6.86. The van der Waals surface area contributed by atoms with Crippen molar-refractivity contribution in [3.63, 3.8) is 0 Å². The smallest absolute Gasteiger partial charge is 0.238 e. The maximum Gasteiger partial charge on any atom is 0.238 e. The number of piperidine rings is 1. The number of nitrogens with zero attached hydrogens (tertiary/aromatic N) is 1. The van der Waals surface area contributed by atoms with Crippen LogP contribution >= 0.6 is 11.6 Å². The zero-order valence-corrected chi connectivity index (χ0v) is 13.0. The van der Waals surface area contributed by atoms with Gasteiger partial charge in [0.15, 0.2) is 0 Å². The molecule has 0 aliphatic carbocycles. The first-order chi connectivity index (χ1) is 10.1. The Morgan fingerprint density at radius 2 is 2.38 bits per heavy atom. The number of methoxy groups -OCH3 is 1. The number of carbonyl (C=O) groups excluding carboxylic acids is 1. The van der Waals surface area contributed by atoms with E-state index in [4.69, 9.17) is 22.1 Å². The Morgan fingerprint density at radius 1 is 1.57 bits per heavy atom. The van der Waals surface area contributed by atoms with Crippen LogP contribution in [0, 0.1) is 5.92 Å². The number of amides is 1. The van der Waals surface area contributed by atoms with Crippen molar-refractivity contribution in [2.24, 2.45) is 5.92 Å². The monoisotopic (exact) mass is 311 g/mol. The van der Waals surface area contributed by atoms with E-state index >= 15 is 0 Å². The standard InChI is InChI=1S/C15H22ClN3O2/c1-21-10-11-3-2-6-19(8-11)9-15(20)18-12-4-5-13(16)14(17)7-12/h4-5,7,11H,2-3,6,8-10,17H2,1H3,(H,18,20). The van der Waals surface area contributed by atoms with E-state index in [0.29, 0.717) is 28.9 Å². The molecule has 1 aromatic rings. The number of nitrogens with two attached hydrogens (primary N) is 1. The molecule has 6 heteroatoms. The average molecular weight is 312 g/mol. The average Bonchev–Trinajstić information content (AvgIpc) is 2.43. The Bertz CT molecular complexity index is 494. The number of hydrogen-bond acceptors (Lipinski definition) is 4. The van der Waals surface area contributed by atoms with Crippen LogP contribution in [0.15, 0.2) is 18.2 Å². The number of carbonyl (C=O) groups is 1. The predicted molar refractivity (Wildman–Crippen MR) is 85.5 cm³/mol. The van der Waals surface area contributed by atoms with E-state index in [2.05, 4.69) is 10.2 Å². The van der Waals surface area contributed by atoms with Gasteiger partial charge in [0.2, 0.25) is 5.91 Å². The SMILES string of the molecule is COCC1CCCN(CC(=O)Nc2ccc(Cl)c(N)c2)C1. The van der Waals surface area contributed by atoms with Crippen LogP contribution in [0.4, 0.5) is 11.4 Å². The molecule has 2 rings (SSSR count). The molecule has 0 spiro atoms. The summed E-state index contributed by atoms with van der Waals surface area (Å²) in [5.74, 6) is 0.484. The number of nitrogens with one attached hydrogen (secondary N) is 1. The highest BCUT2D eigenvalue weighted by molar-refractivity contribution is 6.33. The molecule has 1 unspecified atom stereocenters. The third kappa shape index (κ3) is 4.88. The van der Waals surface area contributed by atoms with Gasteiger partial charge in [-0.15, -0.1) is 0 Å². The first kappa shape index (κ1) is 16.1. The third-order valence-electron chi connectivity index (χ3n) is 3.65. The van der Waals surface area contributed by atoms with Gasteiger partial charge in [0, 0.05) is 19.3 Å². The second kappa shape index (κ2) is 7.64. The van der Waals surface area contributed by atoms with Crippen molar-refractivity contribution in [1.29, 1.82) is 0 Å². The molecule has 21 heavy (non-hydrogen) atoms. The van der Waals surface area contributed by atoms with E-state index in [-0.39, 0.29) is 5.91 Å². The number of nitrogen functional groups attached to an aromatic ring is 1. The highest BCUT2D eigenvalue weighted by atomic mass is 35.5. The molecule has 1 aliphatic rings. The number of hydrogen-bond donors (Lipinski definition) is 2. The zero-order chi connectivity index (χ0) is 15.2. The van der Waals surface area contributed by atoms with Crippen LogP contribution in [0.5, 0.6) is 0 Å². The fourth-order valence-electron chi connectivity index (χ4n) is 2.69. The summed E-state index contributed by atoms with van der Waals surface area (Å²) >= 11 is 5.86. The fraction of sp³-hybridized carbons (Fsp3) is 0.533. The van der Waals surface area contributed by atoms with Gasteiger partial charge in [0.1, 0.15) is 0 Å². The van der Waals surface area contributed by atoms with Crippen molar-refractivity contribution in [3.05, 3.63) is 23.2 Å². The normalized spacial score (nSPS) is 19.4. The molecule has 3 N–H and O–H groups in total. The Kier molecular flexibility index (Phi) is 5.85. The maximum atomic E-state index is 12.1. The number of likely N-dealkylation sites (tertiary alicyclic amines) is 1. The predicted octanol–water partition coefficient (Wildman–Crippen LogP) is 2.22. The summed E-state index contributed by atoms with van der Waals surface area (Å²) in [4.78, 5) is 14.3. The van der Waals surface area contributed by atoms with Gasteiger partial charge in [0.05, 0.1) is 23.9 Å².